The van der Waals surface area contributed by atoms with E-state index in [2.05, 4.69) is 5.32 Å². The highest BCUT2D eigenvalue weighted by Crippen LogP contribution is 2.17. The zero-order valence-corrected chi connectivity index (χ0v) is 11.6. The first-order chi connectivity index (χ1) is 10.2. The number of carbonyl (C=O) groups excluding carboxylic acids is 1. The summed E-state index contributed by atoms with van der Waals surface area (Å²) in [5, 5.41) is 2.62. The quantitative estimate of drug-likeness (QED) is 0.888. The predicted molar refractivity (Wildman–Crippen MR) is 78.1 cm³/mol. The van der Waals surface area contributed by atoms with E-state index in [0.717, 1.165) is 5.75 Å². The minimum absolute atomic E-state index is 0.120. The Hall–Kier alpha value is -2.56. The maximum atomic E-state index is 12.7. The number of rotatable bonds is 6. The molecule has 0 bridgehead atoms. The van der Waals surface area contributed by atoms with E-state index < -0.39 is 0 Å². The Labute approximate surface area is 122 Å². The van der Waals surface area contributed by atoms with E-state index in [-0.39, 0.29) is 18.3 Å². The molecule has 0 radical (unpaired) electrons. The van der Waals surface area contributed by atoms with Crippen LogP contribution in [-0.2, 0) is 4.79 Å². The van der Waals surface area contributed by atoms with Crippen LogP contribution >= 0.6 is 0 Å². The van der Waals surface area contributed by atoms with E-state index in [1.807, 2.05) is 6.92 Å². The molecule has 1 amide bonds. The summed E-state index contributed by atoms with van der Waals surface area (Å²) >= 11 is 0. The molecule has 2 aromatic carbocycles. The molecule has 0 heterocycles. The van der Waals surface area contributed by atoms with Crippen LogP contribution in [0.1, 0.15) is 6.92 Å². The summed E-state index contributed by atoms with van der Waals surface area (Å²) in [4.78, 5) is 11.7. The topological polar surface area (TPSA) is 47.6 Å². The second-order valence-corrected chi connectivity index (χ2v) is 4.25. The molecule has 0 atom stereocenters. The van der Waals surface area contributed by atoms with Gasteiger partial charge >= 0.3 is 0 Å². The number of ether oxygens (including phenoxy) is 2. The summed E-state index contributed by atoms with van der Waals surface area (Å²) in [5.74, 6) is 0.669. The van der Waals surface area contributed by atoms with Gasteiger partial charge in [-0.3, -0.25) is 4.79 Å². The van der Waals surface area contributed by atoms with Crippen molar-refractivity contribution in [3.63, 3.8) is 0 Å². The molecule has 1 N–H and O–H groups in total. The first kappa shape index (κ1) is 14.8. The maximum Gasteiger partial charge on any atom is 0.262 e. The molecule has 21 heavy (non-hydrogen) atoms. The Morgan fingerprint density at radius 1 is 1.00 bits per heavy atom. The van der Waals surface area contributed by atoms with Crippen molar-refractivity contribution in [1.29, 1.82) is 0 Å². The summed E-state index contributed by atoms with van der Waals surface area (Å²) in [6.07, 6.45) is 0. The number of nitrogens with one attached hydrogen (secondary N) is 1. The lowest BCUT2D eigenvalue weighted by molar-refractivity contribution is -0.118. The molecule has 0 aromatic heterocycles. The lowest BCUT2D eigenvalue weighted by Gasteiger charge is -2.08. The molecular formula is C16H16FNO3. The number of hydrogen-bond donors (Lipinski definition) is 1. The van der Waals surface area contributed by atoms with Crippen LogP contribution in [0.3, 0.4) is 0 Å². The van der Waals surface area contributed by atoms with Gasteiger partial charge in [-0.1, -0.05) is 0 Å². The molecule has 0 aliphatic carbocycles. The van der Waals surface area contributed by atoms with Crippen molar-refractivity contribution in [2.45, 2.75) is 6.92 Å². The molecule has 0 fully saturated rings. The summed E-state index contributed by atoms with van der Waals surface area (Å²) in [7, 11) is 0. The van der Waals surface area contributed by atoms with Gasteiger partial charge in [0.1, 0.15) is 17.3 Å². The fourth-order valence-electron chi connectivity index (χ4n) is 1.68. The standard InChI is InChI=1S/C16H16FNO3/c1-2-20-14-7-9-15(10-8-14)21-11-16(19)18-13-5-3-12(17)4-6-13/h3-10H,2,11H2,1H3,(H,18,19). The van der Waals surface area contributed by atoms with E-state index in [1.165, 1.54) is 24.3 Å². The predicted octanol–water partition coefficient (Wildman–Crippen LogP) is 3.24. The van der Waals surface area contributed by atoms with Crippen molar-refractivity contribution < 1.29 is 18.7 Å². The first-order valence-electron chi connectivity index (χ1n) is 6.58. The van der Waals surface area contributed by atoms with Crippen molar-refractivity contribution in [3.8, 4) is 11.5 Å². The highest BCUT2D eigenvalue weighted by molar-refractivity contribution is 5.91. The molecule has 2 aromatic rings. The minimum Gasteiger partial charge on any atom is -0.494 e. The van der Waals surface area contributed by atoms with Crippen molar-refractivity contribution in [3.05, 3.63) is 54.3 Å². The maximum absolute atomic E-state index is 12.7. The molecule has 0 spiro atoms. The van der Waals surface area contributed by atoms with Gasteiger partial charge in [0.25, 0.3) is 5.91 Å². The molecular weight excluding hydrogens is 273 g/mol. The Kier molecular flexibility index (Phi) is 5.15. The summed E-state index contributed by atoms with van der Waals surface area (Å²) in [6, 6.07) is 12.6. The van der Waals surface area contributed by atoms with Gasteiger partial charge in [0.05, 0.1) is 6.61 Å². The van der Waals surface area contributed by atoms with Crippen LogP contribution in [0.4, 0.5) is 10.1 Å². The van der Waals surface area contributed by atoms with Crippen LogP contribution in [0.25, 0.3) is 0 Å². The fourth-order valence-corrected chi connectivity index (χ4v) is 1.68. The summed E-state index contributed by atoms with van der Waals surface area (Å²) in [5.41, 5.74) is 0.525. The zero-order chi connectivity index (χ0) is 15.1. The van der Waals surface area contributed by atoms with Crippen molar-refractivity contribution in [2.75, 3.05) is 18.5 Å². The van der Waals surface area contributed by atoms with E-state index in [9.17, 15) is 9.18 Å². The van der Waals surface area contributed by atoms with Gasteiger partial charge in [0.2, 0.25) is 0 Å². The zero-order valence-electron chi connectivity index (χ0n) is 11.6. The van der Waals surface area contributed by atoms with Crippen molar-refractivity contribution in [2.24, 2.45) is 0 Å². The van der Waals surface area contributed by atoms with Gasteiger partial charge in [-0.15, -0.1) is 0 Å². The Bertz CT molecular complexity index is 581. The van der Waals surface area contributed by atoms with Crippen LogP contribution in [0.15, 0.2) is 48.5 Å². The van der Waals surface area contributed by atoms with E-state index in [0.29, 0.717) is 18.0 Å². The largest absolute Gasteiger partial charge is 0.494 e. The highest BCUT2D eigenvalue weighted by Gasteiger charge is 2.04. The number of amides is 1. The lowest BCUT2D eigenvalue weighted by atomic mass is 10.3. The Morgan fingerprint density at radius 2 is 1.57 bits per heavy atom. The van der Waals surface area contributed by atoms with E-state index in [4.69, 9.17) is 9.47 Å². The molecule has 0 saturated carbocycles. The number of benzene rings is 2. The van der Waals surface area contributed by atoms with E-state index in [1.54, 1.807) is 24.3 Å². The third kappa shape index (κ3) is 4.80. The van der Waals surface area contributed by atoms with E-state index >= 15 is 0 Å². The van der Waals surface area contributed by atoms with Crippen LogP contribution in [0.5, 0.6) is 11.5 Å². The van der Waals surface area contributed by atoms with Gasteiger partial charge in [0.15, 0.2) is 6.61 Å². The number of halogens is 1. The Balaban J connectivity index is 1.81. The van der Waals surface area contributed by atoms with Gasteiger partial charge in [-0.25, -0.2) is 4.39 Å². The third-order valence-electron chi connectivity index (χ3n) is 2.63. The number of carbonyl (C=O) groups is 1. The monoisotopic (exact) mass is 289 g/mol. The Morgan fingerprint density at radius 3 is 2.14 bits per heavy atom. The summed E-state index contributed by atoms with van der Waals surface area (Å²) in [6.45, 7) is 2.38. The molecule has 2 rings (SSSR count). The average Bonchev–Trinajstić information content (AvgIpc) is 2.49. The normalized spacial score (nSPS) is 10.0. The smallest absolute Gasteiger partial charge is 0.262 e. The third-order valence-corrected chi connectivity index (χ3v) is 2.63. The second-order valence-electron chi connectivity index (χ2n) is 4.25. The van der Waals surface area contributed by atoms with Gasteiger partial charge in [-0.05, 0) is 55.5 Å². The molecule has 0 aliphatic rings. The average molecular weight is 289 g/mol. The molecule has 4 nitrogen and oxygen atoms in total. The highest BCUT2D eigenvalue weighted by atomic mass is 19.1. The fraction of sp³-hybridized carbons (Fsp3) is 0.188. The number of anilines is 1. The van der Waals surface area contributed by atoms with Crippen LogP contribution in [-0.4, -0.2) is 19.1 Å². The molecule has 0 saturated heterocycles. The van der Waals surface area contributed by atoms with Crippen LogP contribution in [0, 0.1) is 5.82 Å². The second kappa shape index (κ2) is 7.28. The van der Waals surface area contributed by atoms with Gasteiger partial charge in [-0.2, -0.15) is 0 Å². The van der Waals surface area contributed by atoms with Gasteiger partial charge in [0, 0.05) is 5.69 Å². The molecule has 110 valence electrons. The summed E-state index contributed by atoms with van der Waals surface area (Å²) < 4.78 is 23.4. The lowest BCUT2D eigenvalue weighted by Crippen LogP contribution is -2.20. The van der Waals surface area contributed by atoms with Crippen molar-refractivity contribution >= 4 is 11.6 Å². The number of hydrogen-bond acceptors (Lipinski definition) is 3. The molecule has 0 unspecified atom stereocenters. The van der Waals surface area contributed by atoms with Crippen LogP contribution < -0.4 is 14.8 Å². The molecule has 5 heteroatoms. The minimum atomic E-state index is -0.348. The SMILES string of the molecule is CCOc1ccc(OCC(=O)Nc2ccc(F)cc2)cc1. The van der Waals surface area contributed by atoms with Crippen LogP contribution in [0.2, 0.25) is 0 Å². The van der Waals surface area contributed by atoms with Crippen molar-refractivity contribution in [1.82, 2.24) is 0 Å². The first-order valence-corrected chi connectivity index (χ1v) is 6.58. The molecule has 0 aliphatic heterocycles. The van der Waals surface area contributed by atoms with Gasteiger partial charge < -0.3 is 14.8 Å².